The van der Waals surface area contributed by atoms with Crippen molar-refractivity contribution in [1.82, 2.24) is 10.2 Å². The molecule has 0 aromatic rings. The zero-order chi connectivity index (χ0) is 10.4. The van der Waals surface area contributed by atoms with Gasteiger partial charge in [-0.1, -0.05) is 0 Å². The summed E-state index contributed by atoms with van der Waals surface area (Å²) in [7, 11) is 2.11. The molecule has 1 aliphatic rings. The minimum absolute atomic E-state index is 0.0466. The molecule has 0 unspecified atom stereocenters. The summed E-state index contributed by atoms with van der Waals surface area (Å²) in [6, 6.07) is 0.623. The number of rotatable bonds is 4. The third-order valence-corrected chi connectivity index (χ3v) is 2.65. The average Bonchev–Trinajstić information content (AvgIpc) is 2.18. The van der Waals surface area contributed by atoms with E-state index in [4.69, 9.17) is 4.74 Å². The van der Waals surface area contributed by atoms with Crippen molar-refractivity contribution in [2.24, 2.45) is 0 Å². The van der Waals surface area contributed by atoms with Crippen molar-refractivity contribution in [3.8, 4) is 0 Å². The summed E-state index contributed by atoms with van der Waals surface area (Å²) >= 11 is 0. The van der Waals surface area contributed by atoms with Crippen molar-refractivity contribution < 1.29 is 9.53 Å². The van der Waals surface area contributed by atoms with Crippen LogP contribution in [-0.2, 0) is 9.53 Å². The van der Waals surface area contributed by atoms with Gasteiger partial charge in [-0.3, -0.25) is 4.79 Å². The van der Waals surface area contributed by atoms with Gasteiger partial charge in [-0.2, -0.15) is 0 Å². The van der Waals surface area contributed by atoms with E-state index in [0.717, 1.165) is 39.1 Å². The molecule has 1 saturated heterocycles. The molecule has 1 heterocycles. The fourth-order valence-electron chi connectivity index (χ4n) is 1.72. The highest BCUT2D eigenvalue weighted by molar-refractivity contribution is 5.72. The van der Waals surface area contributed by atoms with Gasteiger partial charge in [0.1, 0.15) is 0 Å². The Morgan fingerprint density at radius 1 is 1.50 bits per heavy atom. The highest BCUT2D eigenvalue weighted by Gasteiger charge is 2.17. The van der Waals surface area contributed by atoms with Crippen LogP contribution in [0.5, 0.6) is 0 Å². The van der Waals surface area contributed by atoms with Crippen LogP contribution in [0.3, 0.4) is 0 Å². The van der Waals surface area contributed by atoms with Crippen molar-refractivity contribution in [2.45, 2.75) is 25.8 Å². The van der Waals surface area contributed by atoms with E-state index in [1.807, 2.05) is 0 Å². The van der Waals surface area contributed by atoms with Gasteiger partial charge in [0.25, 0.3) is 0 Å². The van der Waals surface area contributed by atoms with Gasteiger partial charge in [0, 0.05) is 39.3 Å². The molecule has 1 N–H and O–H groups in total. The lowest BCUT2D eigenvalue weighted by atomic mass is 10.1. The van der Waals surface area contributed by atoms with Crippen molar-refractivity contribution in [3.05, 3.63) is 0 Å². The van der Waals surface area contributed by atoms with Gasteiger partial charge in [0.05, 0.1) is 0 Å². The molecule has 0 radical (unpaired) electrons. The third kappa shape index (κ3) is 4.07. The van der Waals surface area contributed by atoms with Crippen LogP contribution in [0.15, 0.2) is 0 Å². The Hall–Kier alpha value is -0.610. The number of ether oxygens (including phenoxy) is 1. The Balaban J connectivity index is 2.13. The maximum atomic E-state index is 10.7. The molecule has 14 heavy (non-hydrogen) atoms. The monoisotopic (exact) mass is 200 g/mol. The summed E-state index contributed by atoms with van der Waals surface area (Å²) in [5.41, 5.74) is 0. The van der Waals surface area contributed by atoms with Crippen LogP contribution >= 0.6 is 0 Å². The molecule has 82 valence electrons. The van der Waals surface area contributed by atoms with Gasteiger partial charge in [0.2, 0.25) is 5.91 Å². The fourth-order valence-corrected chi connectivity index (χ4v) is 1.72. The molecule has 0 aliphatic carbocycles. The number of hydrogen-bond acceptors (Lipinski definition) is 3. The summed E-state index contributed by atoms with van der Waals surface area (Å²) in [5, 5.41) is 2.80. The summed E-state index contributed by atoms with van der Waals surface area (Å²) in [5.74, 6) is 0.0466. The molecule has 0 aromatic heterocycles. The van der Waals surface area contributed by atoms with E-state index in [9.17, 15) is 4.79 Å². The van der Waals surface area contributed by atoms with E-state index < -0.39 is 0 Å². The average molecular weight is 200 g/mol. The first-order valence-electron chi connectivity index (χ1n) is 5.22. The summed E-state index contributed by atoms with van der Waals surface area (Å²) in [6.45, 7) is 4.95. The Kier molecular flexibility index (Phi) is 4.90. The number of amides is 1. The summed E-state index contributed by atoms with van der Waals surface area (Å²) < 4.78 is 5.30. The zero-order valence-electron chi connectivity index (χ0n) is 9.08. The second-order valence-electron chi connectivity index (χ2n) is 3.81. The van der Waals surface area contributed by atoms with E-state index in [0.29, 0.717) is 6.04 Å². The van der Waals surface area contributed by atoms with Crippen molar-refractivity contribution >= 4 is 5.91 Å². The largest absolute Gasteiger partial charge is 0.381 e. The molecule has 4 nitrogen and oxygen atoms in total. The standard InChI is InChI=1S/C10H20N2O2/c1-9(13)11-5-6-12(2)10-3-7-14-8-4-10/h10H,3-8H2,1-2H3,(H,11,13). The molecule has 0 spiro atoms. The fraction of sp³-hybridized carbons (Fsp3) is 0.900. The Bertz CT molecular complexity index is 179. The van der Waals surface area contributed by atoms with Gasteiger partial charge in [-0.15, -0.1) is 0 Å². The molecule has 1 fully saturated rings. The molecule has 0 aromatic carbocycles. The smallest absolute Gasteiger partial charge is 0.216 e. The first-order valence-corrected chi connectivity index (χ1v) is 5.22. The van der Waals surface area contributed by atoms with Crippen LogP contribution in [0.2, 0.25) is 0 Å². The molecule has 4 heteroatoms. The van der Waals surface area contributed by atoms with E-state index in [-0.39, 0.29) is 5.91 Å². The minimum atomic E-state index is 0.0466. The molecule has 1 rings (SSSR count). The van der Waals surface area contributed by atoms with Crippen molar-refractivity contribution in [2.75, 3.05) is 33.4 Å². The number of carbonyl (C=O) groups is 1. The first-order chi connectivity index (χ1) is 6.70. The number of likely N-dealkylation sites (N-methyl/N-ethyl adjacent to an activating group) is 1. The normalized spacial score (nSPS) is 18.5. The first kappa shape index (κ1) is 11.5. The van der Waals surface area contributed by atoms with Crippen LogP contribution in [0.1, 0.15) is 19.8 Å². The Morgan fingerprint density at radius 2 is 2.14 bits per heavy atom. The predicted molar refractivity (Wildman–Crippen MR) is 55.2 cm³/mol. The number of hydrogen-bond donors (Lipinski definition) is 1. The molecule has 0 atom stereocenters. The lowest BCUT2D eigenvalue weighted by Crippen LogP contribution is -2.40. The molecular formula is C10H20N2O2. The number of nitrogens with zero attached hydrogens (tertiary/aromatic N) is 1. The highest BCUT2D eigenvalue weighted by atomic mass is 16.5. The van der Waals surface area contributed by atoms with Gasteiger partial charge < -0.3 is 15.0 Å². The van der Waals surface area contributed by atoms with Gasteiger partial charge in [0.15, 0.2) is 0 Å². The predicted octanol–water partition coefficient (Wildman–Crippen LogP) is 0.233. The summed E-state index contributed by atoms with van der Waals surface area (Å²) in [6.07, 6.45) is 2.22. The molecule has 0 saturated carbocycles. The summed E-state index contributed by atoms with van der Waals surface area (Å²) in [4.78, 5) is 13.0. The van der Waals surface area contributed by atoms with E-state index in [1.54, 1.807) is 6.92 Å². The highest BCUT2D eigenvalue weighted by Crippen LogP contribution is 2.11. The van der Waals surface area contributed by atoms with Crippen molar-refractivity contribution in [1.29, 1.82) is 0 Å². The van der Waals surface area contributed by atoms with Crippen LogP contribution in [-0.4, -0.2) is 50.2 Å². The zero-order valence-corrected chi connectivity index (χ0v) is 9.08. The van der Waals surface area contributed by atoms with Crippen LogP contribution in [0, 0.1) is 0 Å². The van der Waals surface area contributed by atoms with Crippen molar-refractivity contribution in [3.63, 3.8) is 0 Å². The van der Waals surface area contributed by atoms with E-state index in [2.05, 4.69) is 17.3 Å². The molecular weight excluding hydrogens is 180 g/mol. The Labute approximate surface area is 85.6 Å². The number of nitrogens with one attached hydrogen (secondary N) is 1. The van der Waals surface area contributed by atoms with Crippen LogP contribution in [0.4, 0.5) is 0 Å². The van der Waals surface area contributed by atoms with Gasteiger partial charge in [-0.05, 0) is 19.9 Å². The van der Waals surface area contributed by atoms with Crippen LogP contribution in [0.25, 0.3) is 0 Å². The van der Waals surface area contributed by atoms with Gasteiger partial charge >= 0.3 is 0 Å². The SMILES string of the molecule is CC(=O)NCCN(C)C1CCOCC1. The van der Waals surface area contributed by atoms with Gasteiger partial charge in [-0.25, -0.2) is 0 Å². The van der Waals surface area contributed by atoms with Crippen LogP contribution < -0.4 is 5.32 Å². The lowest BCUT2D eigenvalue weighted by molar-refractivity contribution is -0.119. The number of carbonyl (C=O) groups excluding carboxylic acids is 1. The topological polar surface area (TPSA) is 41.6 Å². The second kappa shape index (κ2) is 5.98. The third-order valence-electron chi connectivity index (χ3n) is 2.65. The minimum Gasteiger partial charge on any atom is -0.381 e. The second-order valence-corrected chi connectivity index (χ2v) is 3.81. The molecule has 0 bridgehead atoms. The lowest BCUT2D eigenvalue weighted by Gasteiger charge is -2.31. The van der Waals surface area contributed by atoms with E-state index in [1.165, 1.54) is 0 Å². The Morgan fingerprint density at radius 3 is 2.71 bits per heavy atom. The maximum absolute atomic E-state index is 10.7. The maximum Gasteiger partial charge on any atom is 0.216 e. The molecule has 1 amide bonds. The quantitative estimate of drug-likeness (QED) is 0.706. The molecule has 1 aliphatic heterocycles. The van der Waals surface area contributed by atoms with E-state index >= 15 is 0 Å².